The van der Waals surface area contributed by atoms with Gasteiger partial charge in [0.1, 0.15) is 0 Å². The summed E-state index contributed by atoms with van der Waals surface area (Å²) in [7, 11) is 1.68. The molecule has 1 aliphatic rings. The molecule has 0 aromatic carbocycles. The molecule has 1 N–H and O–H groups in total. The number of amides is 2. The van der Waals surface area contributed by atoms with Crippen LogP contribution in [0.5, 0.6) is 0 Å². The molecule has 106 valence electrons. The van der Waals surface area contributed by atoms with Crippen molar-refractivity contribution in [3.63, 3.8) is 0 Å². The summed E-state index contributed by atoms with van der Waals surface area (Å²) < 4.78 is 5.19. The summed E-state index contributed by atoms with van der Waals surface area (Å²) in [5, 5.41) is 2.76. The van der Waals surface area contributed by atoms with E-state index in [4.69, 9.17) is 4.74 Å². The van der Waals surface area contributed by atoms with Crippen molar-refractivity contribution in [1.82, 2.24) is 10.2 Å². The molecule has 1 fully saturated rings. The lowest BCUT2D eigenvalue weighted by molar-refractivity contribution is -0.126. The van der Waals surface area contributed by atoms with Crippen LogP contribution in [0.4, 0.5) is 0 Å². The molecule has 0 bridgehead atoms. The van der Waals surface area contributed by atoms with Crippen LogP contribution >= 0.6 is 0 Å². The third-order valence-corrected chi connectivity index (χ3v) is 2.93. The molecule has 2 amide bonds. The van der Waals surface area contributed by atoms with Crippen molar-refractivity contribution in [1.29, 1.82) is 0 Å². The number of hydrogen-bond acceptors (Lipinski definition) is 3. The van der Waals surface area contributed by atoms with E-state index in [9.17, 15) is 9.59 Å². The van der Waals surface area contributed by atoms with Crippen LogP contribution in [0.1, 0.15) is 20.3 Å². The van der Waals surface area contributed by atoms with Crippen LogP contribution in [0.25, 0.3) is 0 Å². The first-order chi connectivity index (χ1) is 9.00. The van der Waals surface area contributed by atoms with Crippen LogP contribution < -0.4 is 5.32 Å². The van der Waals surface area contributed by atoms with E-state index in [1.54, 1.807) is 7.05 Å². The topological polar surface area (TPSA) is 58.6 Å². The quantitative estimate of drug-likeness (QED) is 0.742. The van der Waals surface area contributed by atoms with Crippen LogP contribution in [-0.2, 0) is 14.3 Å². The van der Waals surface area contributed by atoms with Gasteiger partial charge >= 0.3 is 0 Å². The first-order valence-corrected chi connectivity index (χ1v) is 6.62. The summed E-state index contributed by atoms with van der Waals surface area (Å²) in [6.45, 7) is 5.93. The van der Waals surface area contributed by atoms with Crippen molar-refractivity contribution in [3.8, 4) is 11.8 Å². The number of rotatable bonds is 4. The highest BCUT2D eigenvalue weighted by Gasteiger charge is 2.13. The number of likely N-dealkylation sites (N-methyl/N-ethyl adjacent to an activating group) is 1. The van der Waals surface area contributed by atoms with Crippen LogP contribution in [0, 0.1) is 23.7 Å². The molecule has 1 heterocycles. The minimum atomic E-state index is -0.217. The number of nitrogens with zero attached hydrogens (tertiary/aromatic N) is 1. The molecule has 1 aliphatic heterocycles. The largest absolute Gasteiger partial charge is 0.380 e. The van der Waals surface area contributed by atoms with Crippen LogP contribution in [0.15, 0.2) is 0 Å². The second-order valence-electron chi connectivity index (χ2n) is 5.00. The zero-order valence-corrected chi connectivity index (χ0v) is 11.9. The fourth-order valence-corrected chi connectivity index (χ4v) is 1.56. The Hall–Kier alpha value is -1.54. The van der Waals surface area contributed by atoms with E-state index in [0.717, 1.165) is 13.0 Å². The third-order valence-electron chi connectivity index (χ3n) is 2.93. The molecule has 0 saturated carbocycles. The van der Waals surface area contributed by atoms with Gasteiger partial charge in [0.05, 0.1) is 6.61 Å². The van der Waals surface area contributed by atoms with Crippen molar-refractivity contribution in [2.45, 2.75) is 20.3 Å². The smallest absolute Gasteiger partial charge is 0.298 e. The van der Waals surface area contributed by atoms with Gasteiger partial charge in [-0.1, -0.05) is 19.8 Å². The number of nitrogens with one attached hydrogen (secondary N) is 1. The molecule has 19 heavy (non-hydrogen) atoms. The number of hydrogen-bond donors (Lipinski definition) is 1. The van der Waals surface area contributed by atoms with E-state index in [1.165, 1.54) is 4.90 Å². The van der Waals surface area contributed by atoms with Gasteiger partial charge < -0.3 is 15.0 Å². The minimum absolute atomic E-state index is 0.00459. The standard InChI is InChI=1S/C14H22N2O3/c1-11(2)14(18)15-7-8-16(3)13(17)5-4-12-6-9-19-10-12/h11-12H,6-10H2,1-3H3,(H,15,18)/t12-/m1/s1. The van der Waals surface area contributed by atoms with E-state index in [2.05, 4.69) is 17.2 Å². The van der Waals surface area contributed by atoms with Crippen molar-refractivity contribution in [2.75, 3.05) is 33.4 Å². The van der Waals surface area contributed by atoms with E-state index in [0.29, 0.717) is 19.7 Å². The van der Waals surface area contributed by atoms with Crippen molar-refractivity contribution in [3.05, 3.63) is 0 Å². The van der Waals surface area contributed by atoms with Gasteiger partial charge in [-0.3, -0.25) is 9.59 Å². The highest BCUT2D eigenvalue weighted by atomic mass is 16.5. The molecule has 0 unspecified atom stereocenters. The SMILES string of the molecule is CC(C)C(=O)NCCN(C)C(=O)C#C[C@@H]1CCOC1. The van der Waals surface area contributed by atoms with Crippen molar-refractivity contribution >= 4 is 11.8 Å². The van der Waals surface area contributed by atoms with Crippen LogP contribution in [0.3, 0.4) is 0 Å². The highest BCUT2D eigenvalue weighted by Crippen LogP contribution is 2.10. The summed E-state index contributed by atoms with van der Waals surface area (Å²) in [5.74, 6) is 5.47. The van der Waals surface area contributed by atoms with Gasteiger partial charge in [-0.2, -0.15) is 0 Å². The van der Waals surface area contributed by atoms with Gasteiger partial charge in [0.2, 0.25) is 5.91 Å². The molecule has 0 radical (unpaired) electrons. The average molecular weight is 266 g/mol. The Morgan fingerprint density at radius 3 is 2.79 bits per heavy atom. The Morgan fingerprint density at radius 2 is 2.21 bits per heavy atom. The second-order valence-corrected chi connectivity index (χ2v) is 5.00. The lowest BCUT2D eigenvalue weighted by Gasteiger charge is -2.15. The first kappa shape index (κ1) is 15.5. The maximum Gasteiger partial charge on any atom is 0.298 e. The van der Waals surface area contributed by atoms with Crippen molar-refractivity contribution in [2.24, 2.45) is 11.8 Å². The van der Waals surface area contributed by atoms with Gasteiger partial charge in [-0.25, -0.2) is 0 Å². The Balaban J connectivity index is 2.26. The Kier molecular flexibility index (Phi) is 6.37. The van der Waals surface area contributed by atoms with Crippen molar-refractivity contribution < 1.29 is 14.3 Å². The van der Waals surface area contributed by atoms with Gasteiger partial charge in [0.25, 0.3) is 5.91 Å². The predicted octanol–water partition coefficient (Wildman–Crippen LogP) is 0.257. The normalized spacial score (nSPS) is 17.8. The Bertz CT molecular complexity index is 376. The zero-order chi connectivity index (χ0) is 14.3. The fraction of sp³-hybridized carbons (Fsp3) is 0.714. The Labute approximate surface area is 114 Å². The summed E-state index contributed by atoms with van der Waals surface area (Å²) in [6.07, 6.45) is 0.897. The maximum absolute atomic E-state index is 11.7. The van der Waals surface area contributed by atoms with E-state index in [1.807, 2.05) is 13.8 Å². The summed E-state index contributed by atoms with van der Waals surface area (Å²) >= 11 is 0. The zero-order valence-electron chi connectivity index (χ0n) is 11.9. The third kappa shape index (κ3) is 5.75. The van der Waals surface area contributed by atoms with Gasteiger partial charge in [0.15, 0.2) is 0 Å². The predicted molar refractivity (Wildman–Crippen MR) is 72.2 cm³/mol. The van der Waals surface area contributed by atoms with E-state index in [-0.39, 0.29) is 23.7 Å². The van der Waals surface area contributed by atoms with E-state index < -0.39 is 0 Å². The lowest BCUT2D eigenvalue weighted by atomic mass is 10.1. The molecular weight excluding hydrogens is 244 g/mol. The summed E-state index contributed by atoms with van der Waals surface area (Å²) in [4.78, 5) is 24.6. The number of carbonyl (C=O) groups excluding carboxylic acids is 2. The Morgan fingerprint density at radius 1 is 1.47 bits per heavy atom. The molecule has 0 spiro atoms. The molecule has 0 aromatic heterocycles. The second kappa shape index (κ2) is 7.80. The van der Waals surface area contributed by atoms with Crippen LogP contribution in [0.2, 0.25) is 0 Å². The van der Waals surface area contributed by atoms with Gasteiger partial charge in [0, 0.05) is 38.6 Å². The molecule has 1 rings (SSSR count). The minimum Gasteiger partial charge on any atom is -0.380 e. The molecule has 5 heteroatoms. The first-order valence-electron chi connectivity index (χ1n) is 6.62. The van der Waals surface area contributed by atoms with Gasteiger partial charge in [-0.15, -0.1) is 0 Å². The molecule has 0 aliphatic carbocycles. The van der Waals surface area contributed by atoms with E-state index >= 15 is 0 Å². The lowest BCUT2D eigenvalue weighted by Crippen LogP contribution is -2.37. The molecular formula is C14H22N2O3. The monoisotopic (exact) mass is 266 g/mol. The molecule has 1 saturated heterocycles. The fourth-order valence-electron chi connectivity index (χ4n) is 1.56. The molecule has 5 nitrogen and oxygen atoms in total. The van der Waals surface area contributed by atoms with Crippen LogP contribution in [-0.4, -0.2) is 50.1 Å². The number of carbonyl (C=O) groups is 2. The van der Waals surface area contributed by atoms with Gasteiger partial charge in [-0.05, 0) is 12.3 Å². The number of ether oxygens (including phenoxy) is 1. The highest BCUT2D eigenvalue weighted by molar-refractivity contribution is 5.93. The summed E-state index contributed by atoms with van der Waals surface area (Å²) in [6, 6.07) is 0. The maximum atomic E-state index is 11.7. The summed E-state index contributed by atoms with van der Waals surface area (Å²) in [5.41, 5.74) is 0. The average Bonchev–Trinajstić information content (AvgIpc) is 2.88. The molecule has 1 atom stereocenters. The molecule has 0 aromatic rings.